The molecule has 0 aliphatic rings. The fourth-order valence-electron chi connectivity index (χ4n) is 2.97. The van der Waals surface area contributed by atoms with Crippen molar-refractivity contribution in [1.29, 1.82) is 0 Å². The minimum Gasteiger partial charge on any atom is -0.475 e. The Bertz CT molecular complexity index is 1370. The number of hydrogen-bond donors (Lipinski definition) is 6. The molecule has 49 heavy (non-hydrogen) atoms. The number of hydrogen-bond acceptors (Lipinski definition) is 7. The average Bonchev–Trinajstić information content (AvgIpc) is 3.52. The predicted octanol–water partition coefficient (Wildman–Crippen LogP) is 4.29. The van der Waals surface area contributed by atoms with Gasteiger partial charge in [0.15, 0.2) is 5.96 Å². The van der Waals surface area contributed by atoms with Gasteiger partial charge in [-0.25, -0.2) is 19.4 Å². The number of aromatic nitrogens is 3. The molecule has 3 rings (SSSR count). The van der Waals surface area contributed by atoms with Crippen LogP contribution in [0.4, 0.5) is 39.5 Å². The smallest absolute Gasteiger partial charge is 0.475 e. The lowest BCUT2D eigenvalue weighted by atomic mass is 9.91. The van der Waals surface area contributed by atoms with Crippen LogP contribution in [0.5, 0.6) is 0 Å². The second-order valence-corrected chi connectivity index (χ2v) is 8.83. The Morgan fingerprint density at radius 1 is 0.816 bits per heavy atom. The van der Waals surface area contributed by atoms with Gasteiger partial charge in [-0.05, 0) is 30.5 Å². The summed E-state index contributed by atoms with van der Waals surface area (Å²) in [5, 5.41) is 24.1. The van der Waals surface area contributed by atoms with Crippen LogP contribution in [0.15, 0.2) is 72.2 Å². The average molecular weight is 719 g/mol. The molecule has 1 amide bonds. The highest BCUT2D eigenvalue weighted by atomic mass is 19.4. The van der Waals surface area contributed by atoms with E-state index in [2.05, 4.69) is 25.3 Å². The fraction of sp³-hybridized carbons (Fsp3) is 0.296. The number of amides is 1. The number of imidazole rings is 1. The number of rotatable bonds is 8. The van der Waals surface area contributed by atoms with Crippen LogP contribution >= 0.6 is 0 Å². The van der Waals surface area contributed by atoms with E-state index in [1.165, 1.54) is 0 Å². The van der Waals surface area contributed by atoms with Crippen molar-refractivity contribution in [2.45, 2.75) is 43.7 Å². The van der Waals surface area contributed by atoms with Gasteiger partial charge in [-0.15, -0.1) is 0 Å². The number of aryl methyl sites for hydroxylation is 1. The Labute approximate surface area is 269 Å². The van der Waals surface area contributed by atoms with E-state index >= 15 is 0 Å². The van der Waals surface area contributed by atoms with Crippen molar-refractivity contribution in [3.63, 3.8) is 0 Å². The molecule has 0 spiro atoms. The third-order valence-corrected chi connectivity index (χ3v) is 5.07. The van der Waals surface area contributed by atoms with Crippen molar-refractivity contribution < 1.29 is 74.0 Å². The van der Waals surface area contributed by atoms with E-state index in [1.54, 1.807) is 18.7 Å². The fourth-order valence-corrected chi connectivity index (χ4v) is 2.97. The largest absolute Gasteiger partial charge is 0.490 e. The van der Waals surface area contributed by atoms with Crippen LogP contribution in [0.1, 0.15) is 35.7 Å². The number of aliphatic imine (C=N–C) groups is 1. The monoisotopic (exact) mass is 718 g/mol. The molecule has 0 aliphatic heterocycles. The van der Waals surface area contributed by atoms with Crippen LogP contribution in [0, 0.1) is 0 Å². The first-order chi connectivity index (χ1) is 22.6. The van der Waals surface area contributed by atoms with Gasteiger partial charge in [0.05, 0.1) is 6.33 Å². The first-order valence-corrected chi connectivity index (χ1v) is 13.0. The standard InChI is InChI=1S/C21H24N6O.3C2HF3O2/c22-21(25-12-6-9-17-14-23-15-26-17)27-20(28)13-18(16-7-2-1-3-8-16)19-10-4-5-11-24-19;3*3-2(4,5)1(6)7/h1-5,7-8,10-11,14-15,18H,6,9,12-13H2,(H,23,26)(H3,22,25,27,28);3*(H,6,7). The lowest BCUT2D eigenvalue weighted by Crippen LogP contribution is -2.37. The van der Waals surface area contributed by atoms with E-state index in [1.807, 2.05) is 48.5 Å². The summed E-state index contributed by atoms with van der Waals surface area (Å²) >= 11 is 0. The molecular formula is C27H27F9N6O7. The lowest BCUT2D eigenvalue weighted by molar-refractivity contribution is -0.193. The Morgan fingerprint density at radius 2 is 1.31 bits per heavy atom. The van der Waals surface area contributed by atoms with Crippen molar-refractivity contribution in [3.8, 4) is 0 Å². The summed E-state index contributed by atoms with van der Waals surface area (Å²) in [5.74, 6) is -8.46. The second-order valence-electron chi connectivity index (χ2n) is 8.83. The number of guanidine groups is 1. The molecule has 1 unspecified atom stereocenters. The van der Waals surface area contributed by atoms with E-state index in [0.29, 0.717) is 6.54 Å². The number of benzene rings is 1. The summed E-state index contributed by atoms with van der Waals surface area (Å²) < 4.78 is 95.2. The van der Waals surface area contributed by atoms with Crippen LogP contribution < -0.4 is 11.1 Å². The lowest BCUT2D eigenvalue weighted by Gasteiger charge is -2.16. The quantitative estimate of drug-likeness (QED) is 0.0840. The number of aliphatic carboxylic acids is 3. The molecule has 0 saturated heterocycles. The van der Waals surface area contributed by atoms with E-state index in [4.69, 9.17) is 35.4 Å². The molecule has 7 N–H and O–H groups in total. The van der Waals surface area contributed by atoms with Gasteiger partial charge in [-0.1, -0.05) is 36.4 Å². The number of carboxylic acids is 3. The first-order valence-electron chi connectivity index (χ1n) is 13.0. The summed E-state index contributed by atoms with van der Waals surface area (Å²) in [7, 11) is 0. The molecule has 1 aromatic carbocycles. The Hall–Kier alpha value is -5.70. The van der Waals surface area contributed by atoms with Gasteiger partial charge < -0.3 is 26.0 Å². The van der Waals surface area contributed by atoms with Gasteiger partial charge >= 0.3 is 36.4 Å². The van der Waals surface area contributed by atoms with Crippen molar-refractivity contribution in [2.24, 2.45) is 10.7 Å². The molecule has 0 radical (unpaired) electrons. The predicted molar refractivity (Wildman–Crippen MR) is 150 cm³/mol. The third-order valence-electron chi connectivity index (χ3n) is 5.07. The number of carbonyl (C=O) groups is 4. The molecule has 0 fully saturated rings. The molecule has 270 valence electrons. The number of carbonyl (C=O) groups excluding carboxylic acids is 1. The molecule has 0 aliphatic carbocycles. The van der Waals surface area contributed by atoms with Crippen LogP contribution in [0.2, 0.25) is 0 Å². The number of carboxylic acid groups (broad SMARTS) is 3. The number of aromatic amines is 1. The second kappa shape index (κ2) is 20.5. The van der Waals surface area contributed by atoms with Crippen molar-refractivity contribution in [3.05, 3.63) is 84.2 Å². The van der Waals surface area contributed by atoms with Gasteiger partial charge in [0.25, 0.3) is 0 Å². The third kappa shape index (κ3) is 20.2. The summed E-state index contributed by atoms with van der Waals surface area (Å²) in [6.45, 7) is 0.535. The summed E-state index contributed by atoms with van der Waals surface area (Å²) in [6, 6.07) is 15.6. The zero-order valence-electron chi connectivity index (χ0n) is 24.6. The summed E-state index contributed by atoms with van der Waals surface area (Å²) in [4.78, 5) is 54.9. The number of H-pyrrole nitrogens is 1. The van der Waals surface area contributed by atoms with Crippen LogP contribution in [-0.2, 0) is 25.6 Å². The molecule has 0 saturated carbocycles. The van der Waals surface area contributed by atoms with E-state index in [0.717, 1.165) is 29.8 Å². The van der Waals surface area contributed by atoms with Gasteiger partial charge in [-0.3, -0.25) is 20.1 Å². The SMILES string of the molecule is NC(=NCCCc1cnc[nH]1)NC(=O)CC(c1ccccc1)c1ccccn1.O=C(O)C(F)(F)F.O=C(O)C(F)(F)F.O=C(O)C(F)(F)F. The summed E-state index contributed by atoms with van der Waals surface area (Å²) in [6.07, 6.45) is -8.18. The molecule has 13 nitrogen and oxygen atoms in total. The molecule has 22 heteroatoms. The highest BCUT2D eigenvalue weighted by Gasteiger charge is 2.39. The molecule has 2 heterocycles. The first kappa shape index (κ1) is 43.3. The van der Waals surface area contributed by atoms with Gasteiger partial charge in [-0.2, -0.15) is 39.5 Å². The maximum atomic E-state index is 12.5. The number of nitrogens with zero attached hydrogens (tertiary/aromatic N) is 3. The minimum atomic E-state index is -5.08. The number of pyridine rings is 1. The summed E-state index contributed by atoms with van der Waals surface area (Å²) in [5.41, 5.74) is 8.80. The number of nitrogens with two attached hydrogens (primary N) is 1. The number of nitrogens with one attached hydrogen (secondary N) is 2. The highest BCUT2D eigenvalue weighted by molar-refractivity contribution is 5.96. The van der Waals surface area contributed by atoms with Crippen LogP contribution in [0.3, 0.4) is 0 Å². The Balaban J connectivity index is 0.000000891. The van der Waals surface area contributed by atoms with Crippen molar-refractivity contribution in [1.82, 2.24) is 20.3 Å². The van der Waals surface area contributed by atoms with E-state index in [9.17, 15) is 44.3 Å². The van der Waals surface area contributed by atoms with Crippen LogP contribution in [-0.4, -0.2) is 85.1 Å². The Morgan fingerprint density at radius 3 is 1.71 bits per heavy atom. The molecule has 1 atom stereocenters. The molecule has 3 aromatic rings. The van der Waals surface area contributed by atoms with Gasteiger partial charge in [0.1, 0.15) is 0 Å². The molecule has 0 bridgehead atoms. The van der Waals surface area contributed by atoms with Gasteiger partial charge in [0, 0.05) is 42.7 Å². The van der Waals surface area contributed by atoms with Crippen molar-refractivity contribution in [2.75, 3.05) is 6.54 Å². The van der Waals surface area contributed by atoms with Gasteiger partial charge in [0.2, 0.25) is 5.91 Å². The zero-order valence-corrected chi connectivity index (χ0v) is 24.6. The topological polar surface area (TPSA) is 221 Å². The van der Waals surface area contributed by atoms with Crippen LogP contribution in [0.25, 0.3) is 0 Å². The maximum absolute atomic E-state index is 12.5. The number of alkyl halides is 9. The normalized spacial score (nSPS) is 12.0. The van der Waals surface area contributed by atoms with E-state index < -0.39 is 36.4 Å². The van der Waals surface area contributed by atoms with Crippen molar-refractivity contribution >= 4 is 29.8 Å². The molecular weight excluding hydrogens is 691 g/mol. The Kier molecular flexibility index (Phi) is 18.1. The zero-order chi connectivity index (χ0) is 37.8. The highest BCUT2D eigenvalue weighted by Crippen LogP contribution is 2.26. The molecule has 2 aromatic heterocycles. The minimum absolute atomic E-state index is 0.141. The number of halogens is 9. The maximum Gasteiger partial charge on any atom is 0.490 e. The van der Waals surface area contributed by atoms with E-state index in [-0.39, 0.29) is 24.2 Å².